The smallest absolute Gasteiger partial charge is 0.213 e. The molecule has 0 bridgehead atoms. The average Bonchev–Trinajstić information content (AvgIpc) is 2.81. The van der Waals surface area contributed by atoms with Gasteiger partial charge in [0.05, 0.1) is 18.5 Å². The first-order valence-corrected chi connectivity index (χ1v) is 9.05. The lowest BCUT2D eigenvalue weighted by atomic mass is 9.98. The molecule has 0 saturated carbocycles. The molecule has 6 heteroatoms. The maximum Gasteiger partial charge on any atom is 0.213 e. The molecule has 1 heterocycles. The number of ether oxygens (including phenoxy) is 1. The standard InChI is InChI=1S/C15H24N2O3S/c1-12(2)20-9-10-21(18,19)17-8-7-13-11-16-15-6-4-3-5-14(13)15/h3-6,12-13,16-17H,7-11H2,1-2H3. The summed E-state index contributed by atoms with van der Waals surface area (Å²) in [6.07, 6.45) is 0.857. The van der Waals surface area contributed by atoms with Crippen LogP contribution in [0.25, 0.3) is 0 Å². The van der Waals surface area contributed by atoms with Crippen molar-refractivity contribution in [1.82, 2.24) is 4.72 Å². The number of sulfonamides is 1. The third kappa shape index (κ3) is 4.98. The lowest BCUT2D eigenvalue weighted by Gasteiger charge is -2.12. The van der Waals surface area contributed by atoms with Gasteiger partial charge in [-0.15, -0.1) is 0 Å². The van der Waals surface area contributed by atoms with Gasteiger partial charge < -0.3 is 10.1 Å². The molecule has 0 aliphatic carbocycles. The van der Waals surface area contributed by atoms with Crippen LogP contribution in [0, 0.1) is 0 Å². The van der Waals surface area contributed by atoms with Gasteiger partial charge in [-0.3, -0.25) is 0 Å². The van der Waals surface area contributed by atoms with E-state index < -0.39 is 10.0 Å². The van der Waals surface area contributed by atoms with E-state index in [-0.39, 0.29) is 18.5 Å². The van der Waals surface area contributed by atoms with E-state index in [1.807, 2.05) is 26.0 Å². The van der Waals surface area contributed by atoms with Crippen molar-refractivity contribution in [2.75, 3.05) is 30.8 Å². The normalized spacial score (nSPS) is 17.8. The van der Waals surface area contributed by atoms with Crippen molar-refractivity contribution in [3.63, 3.8) is 0 Å². The first-order chi connectivity index (χ1) is 9.98. The van der Waals surface area contributed by atoms with Gasteiger partial charge >= 0.3 is 0 Å². The summed E-state index contributed by atoms with van der Waals surface area (Å²) in [5.41, 5.74) is 2.44. The van der Waals surface area contributed by atoms with Crippen molar-refractivity contribution in [1.29, 1.82) is 0 Å². The quantitative estimate of drug-likeness (QED) is 0.770. The Morgan fingerprint density at radius 2 is 2.14 bits per heavy atom. The molecule has 0 amide bonds. The van der Waals surface area contributed by atoms with Gasteiger partial charge in [0.1, 0.15) is 0 Å². The largest absolute Gasteiger partial charge is 0.384 e. The van der Waals surface area contributed by atoms with Crippen LogP contribution in [0.2, 0.25) is 0 Å². The van der Waals surface area contributed by atoms with Crippen LogP contribution in [-0.4, -0.2) is 40.0 Å². The zero-order valence-electron chi connectivity index (χ0n) is 12.6. The van der Waals surface area contributed by atoms with E-state index >= 15 is 0 Å². The molecular weight excluding hydrogens is 288 g/mol. The summed E-state index contributed by atoms with van der Waals surface area (Å²) in [4.78, 5) is 0. The second-order valence-corrected chi connectivity index (χ2v) is 7.51. The van der Waals surface area contributed by atoms with E-state index in [1.54, 1.807) is 0 Å². The van der Waals surface area contributed by atoms with Crippen LogP contribution in [0.4, 0.5) is 5.69 Å². The molecule has 1 atom stereocenters. The molecular formula is C15H24N2O3S. The molecule has 2 N–H and O–H groups in total. The van der Waals surface area contributed by atoms with Crippen molar-refractivity contribution >= 4 is 15.7 Å². The van der Waals surface area contributed by atoms with Crippen LogP contribution < -0.4 is 10.0 Å². The average molecular weight is 312 g/mol. The van der Waals surface area contributed by atoms with E-state index in [2.05, 4.69) is 22.2 Å². The van der Waals surface area contributed by atoms with Crippen LogP contribution in [-0.2, 0) is 14.8 Å². The highest BCUT2D eigenvalue weighted by Gasteiger charge is 2.21. The Morgan fingerprint density at radius 3 is 2.90 bits per heavy atom. The third-order valence-electron chi connectivity index (χ3n) is 3.56. The first-order valence-electron chi connectivity index (χ1n) is 7.39. The zero-order chi connectivity index (χ0) is 15.3. The minimum atomic E-state index is -3.24. The summed E-state index contributed by atoms with van der Waals surface area (Å²) in [7, 11) is -3.24. The number of benzene rings is 1. The minimum Gasteiger partial charge on any atom is -0.384 e. The minimum absolute atomic E-state index is 0.0185. The van der Waals surface area contributed by atoms with Crippen molar-refractivity contribution in [3.8, 4) is 0 Å². The molecule has 5 nitrogen and oxygen atoms in total. The second-order valence-electron chi connectivity index (χ2n) is 5.59. The lowest BCUT2D eigenvalue weighted by molar-refractivity contribution is 0.0911. The maximum atomic E-state index is 11.8. The Labute approximate surface area is 127 Å². The molecule has 1 aliphatic rings. The Bertz CT molecular complexity index is 558. The van der Waals surface area contributed by atoms with E-state index in [0.29, 0.717) is 12.5 Å². The number of fused-ring (bicyclic) bond motifs is 1. The maximum absolute atomic E-state index is 11.8. The Balaban J connectivity index is 1.75. The molecule has 0 radical (unpaired) electrons. The van der Waals surface area contributed by atoms with E-state index in [4.69, 9.17) is 4.74 Å². The van der Waals surface area contributed by atoms with E-state index in [0.717, 1.165) is 18.7 Å². The Kier molecular flexibility index (Phi) is 5.61. The van der Waals surface area contributed by atoms with Crippen molar-refractivity contribution in [2.24, 2.45) is 0 Å². The van der Waals surface area contributed by atoms with Gasteiger partial charge in [-0.2, -0.15) is 0 Å². The molecule has 1 aromatic carbocycles. The highest BCUT2D eigenvalue weighted by molar-refractivity contribution is 7.89. The predicted octanol–water partition coefficient (Wildman–Crippen LogP) is 1.93. The number of hydrogen-bond acceptors (Lipinski definition) is 4. The van der Waals surface area contributed by atoms with Gasteiger partial charge in [0.25, 0.3) is 0 Å². The molecule has 1 unspecified atom stereocenters. The molecule has 0 aromatic heterocycles. The summed E-state index contributed by atoms with van der Waals surface area (Å²) in [6, 6.07) is 8.19. The first kappa shape index (κ1) is 16.3. The number of anilines is 1. The summed E-state index contributed by atoms with van der Waals surface area (Å²) < 4.78 is 31.6. The third-order valence-corrected chi connectivity index (χ3v) is 4.91. The molecule has 118 valence electrons. The lowest BCUT2D eigenvalue weighted by Crippen LogP contribution is -2.30. The number of hydrogen-bond donors (Lipinski definition) is 2. The fourth-order valence-electron chi connectivity index (χ4n) is 2.47. The van der Waals surface area contributed by atoms with Crippen LogP contribution in [0.5, 0.6) is 0 Å². The van der Waals surface area contributed by atoms with Crippen molar-refractivity contribution in [3.05, 3.63) is 29.8 Å². The molecule has 1 aliphatic heterocycles. The van der Waals surface area contributed by atoms with Crippen LogP contribution in [0.3, 0.4) is 0 Å². The fourth-order valence-corrected chi connectivity index (χ4v) is 3.36. The highest BCUT2D eigenvalue weighted by atomic mass is 32.2. The van der Waals surface area contributed by atoms with E-state index in [9.17, 15) is 8.42 Å². The second kappa shape index (κ2) is 7.24. The Hall–Kier alpha value is -1.11. The molecule has 1 aromatic rings. The van der Waals surface area contributed by atoms with Gasteiger partial charge in [0, 0.05) is 24.7 Å². The summed E-state index contributed by atoms with van der Waals surface area (Å²) >= 11 is 0. The van der Waals surface area contributed by atoms with Gasteiger partial charge in [-0.1, -0.05) is 18.2 Å². The predicted molar refractivity (Wildman–Crippen MR) is 85.2 cm³/mol. The van der Waals surface area contributed by atoms with Crippen molar-refractivity contribution in [2.45, 2.75) is 32.3 Å². The number of para-hydroxylation sites is 1. The summed E-state index contributed by atoms with van der Waals surface area (Å²) in [5, 5.41) is 3.35. The van der Waals surface area contributed by atoms with Crippen LogP contribution in [0.15, 0.2) is 24.3 Å². The molecule has 0 spiro atoms. The topological polar surface area (TPSA) is 67.4 Å². The van der Waals surface area contributed by atoms with Gasteiger partial charge in [0.15, 0.2) is 0 Å². The summed E-state index contributed by atoms with van der Waals surface area (Å²) in [6.45, 7) is 5.36. The molecule has 2 rings (SSSR count). The summed E-state index contributed by atoms with van der Waals surface area (Å²) in [5.74, 6) is 0.390. The monoisotopic (exact) mass is 312 g/mol. The number of nitrogens with one attached hydrogen (secondary N) is 2. The van der Waals surface area contributed by atoms with Crippen LogP contribution in [0.1, 0.15) is 31.7 Å². The van der Waals surface area contributed by atoms with Gasteiger partial charge in [-0.25, -0.2) is 13.1 Å². The SMILES string of the molecule is CC(C)OCCS(=O)(=O)NCCC1CNc2ccccc21. The van der Waals surface area contributed by atoms with E-state index in [1.165, 1.54) is 5.56 Å². The number of rotatable bonds is 8. The van der Waals surface area contributed by atoms with Crippen LogP contribution >= 0.6 is 0 Å². The van der Waals surface area contributed by atoms with Gasteiger partial charge in [-0.05, 0) is 31.9 Å². The fraction of sp³-hybridized carbons (Fsp3) is 0.600. The molecule has 0 saturated heterocycles. The zero-order valence-corrected chi connectivity index (χ0v) is 13.4. The van der Waals surface area contributed by atoms with Gasteiger partial charge in [0.2, 0.25) is 10.0 Å². The molecule has 21 heavy (non-hydrogen) atoms. The highest BCUT2D eigenvalue weighted by Crippen LogP contribution is 2.32. The Morgan fingerprint density at radius 1 is 1.38 bits per heavy atom. The van der Waals surface area contributed by atoms with Crippen molar-refractivity contribution < 1.29 is 13.2 Å². The molecule has 0 fully saturated rings.